The molecule has 288 valence electrons. The summed E-state index contributed by atoms with van der Waals surface area (Å²) in [6, 6.07) is 25.6. The van der Waals surface area contributed by atoms with Gasteiger partial charge in [0.1, 0.15) is 11.5 Å². The SMILES string of the molecule is Cc1cc(C)cc([Si](C)(C)CCCCCOc2c(Br)cc(C(C)(C)c3cc(Br)c(OCCCCC[Si](C)(C)c4cc(C)cc(C)c4)c(Br)c3)cc2Br)c1. The van der Waals surface area contributed by atoms with Crippen LogP contribution in [0.4, 0.5) is 0 Å². The summed E-state index contributed by atoms with van der Waals surface area (Å²) >= 11 is 15.4. The van der Waals surface area contributed by atoms with Gasteiger partial charge in [0.05, 0.1) is 47.3 Å². The van der Waals surface area contributed by atoms with Crippen molar-refractivity contribution in [2.45, 2.75) is 124 Å². The third kappa shape index (κ3) is 12.4. The van der Waals surface area contributed by atoms with Crippen molar-refractivity contribution in [3.63, 3.8) is 0 Å². The summed E-state index contributed by atoms with van der Waals surface area (Å²) in [5, 5.41) is 3.16. The largest absolute Gasteiger partial charge is 0.491 e. The van der Waals surface area contributed by atoms with E-state index in [2.05, 4.69) is 192 Å². The average molecular weight is 1010 g/mol. The Hall–Kier alpha value is -1.17. The van der Waals surface area contributed by atoms with Crippen LogP contribution in [-0.4, -0.2) is 29.4 Å². The molecule has 8 heteroatoms. The van der Waals surface area contributed by atoms with Gasteiger partial charge in [0.15, 0.2) is 0 Å². The Kier molecular flexibility index (Phi) is 16.2. The fourth-order valence-electron chi connectivity index (χ4n) is 7.34. The zero-order chi connectivity index (χ0) is 39.1. The first kappa shape index (κ1) is 44.5. The van der Waals surface area contributed by atoms with E-state index >= 15 is 0 Å². The molecular formula is C45H60Br4O2Si2. The number of aryl methyl sites for hydroxylation is 4. The zero-order valence-corrected chi connectivity index (χ0v) is 42.0. The highest BCUT2D eigenvalue weighted by atomic mass is 79.9. The van der Waals surface area contributed by atoms with E-state index < -0.39 is 16.1 Å². The first-order valence-corrected chi connectivity index (χ1v) is 28.8. The summed E-state index contributed by atoms with van der Waals surface area (Å²) in [6.45, 7) is 24.8. The molecule has 4 aromatic rings. The van der Waals surface area contributed by atoms with Gasteiger partial charge in [0.2, 0.25) is 0 Å². The molecule has 2 nitrogen and oxygen atoms in total. The molecule has 53 heavy (non-hydrogen) atoms. The summed E-state index contributed by atoms with van der Waals surface area (Å²) in [6.07, 6.45) is 6.95. The molecule has 4 rings (SSSR count). The molecule has 0 amide bonds. The second-order valence-corrected chi connectivity index (χ2v) is 30.1. The normalized spacial score (nSPS) is 12.3. The second kappa shape index (κ2) is 19.3. The topological polar surface area (TPSA) is 18.5 Å². The summed E-state index contributed by atoms with van der Waals surface area (Å²) < 4.78 is 16.6. The van der Waals surface area contributed by atoms with Crippen LogP contribution in [0.25, 0.3) is 0 Å². The predicted molar refractivity (Wildman–Crippen MR) is 250 cm³/mol. The van der Waals surface area contributed by atoms with Crippen LogP contribution in [0.1, 0.15) is 85.8 Å². The monoisotopic (exact) mass is 1000 g/mol. The highest BCUT2D eigenvalue weighted by Gasteiger charge is 2.28. The average Bonchev–Trinajstić information content (AvgIpc) is 3.05. The maximum Gasteiger partial charge on any atom is 0.147 e. The maximum absolute atomic E-state index is 6.34. The van der Waals surface area contributed by atoms with Crippen LogP contribution in [-0.2, 0) is 5.41 Å². The van der Waals surface area contributed by atoms with Gasteiger partial charge in [-0.2, -0.15) is 0 Å². The van der Waals surface area contributed by atoms with Gasteiger partial charge in [-0.15, -0.1) is 0 Å². The molecule has 0 atom stereocenters. The number of rotatable bonds is 18. The highest BCUT2D eigenvalue weighted by molar-refractivity contribution is 9.11. The zero-order valence-electron chi connectivity index (χ0n) is 33.7. The van der Waals surface area contributed by atoms with Gasteiger partial charge in [-0.1, -0.05) is 147 Å². The van der Waals surface area contributed by atoms with Crippen molar-refractivity contribution in [2.75, 3.05) is 13.2 Å². The van der Waals surface area contributed by atoms with Crippen LogP contribution in [0, 0.1) is 27.7 Å². The molecule has 0 aliphatic rings. The van der Waals surface area contributed by atoms with Crippen LogP contribution >= 0.6 is 63.7 Å². The van der Waals surface area contributed by atoms with Gasteiger partial charge in [0, 0.05) is 5.41 Å². The molecule has 0 unspecified atom stereocenters. The summed E-state index contributed by atoms with van der Waals surface area (Å²) in [5.74, 6) is 1.74. The third-order valence-electron chi connectivity index (χ3n) is 10.8. The van der Waals surface area contributed by atoms with E-state index in [0.717, 1.165) is 42.2 Å². The lowest BCUT2D eigenvalue weighted by atomic mass is 9.78. The summed E-state index contributed by atoms with van der Waals surface area (Å²) in [4.78, 5) is 0. The van der Waals surface area contributed by atoms with Gasteiger partial charge >= 0.3 is 0 Å². The Morgan fingerprint density at radius 1 is 0.453 bits per heavy atom. The number of unbranched alkanes of at least 4 members (excludes halogenated alkanes) is 4. The Morgan fingerprint density at radius 3 is 1.06 bits per heavy atom. The fraction of sp³-hybridized carbons (Fsp3) is 0.467. The molecular weight excluding hydrogens is 948 g/mol. The van der Waals surface area contributed by atoms with Gasteiger partial charge in [-0.3, -0.25) is 0 Å². The van der Waals surface area contributed by atoms with E-state index in [-0.39, 0.29) is 5.41 Å². The predicted octanol–water partition coefficient (Wildman–Crippen LogP) is 14.6. The van der Waals surface area contributed by atoms with Crippen molar-refractivity contribution in [1.29, 1.82) is 0 Å². The molecule has 0 radical (unpaired) electrons. The molecule has 0 heterocycles. The maximum atomic E-state index is 6.34. The summed E-state index contributed by atoms with van der Waals surface area (Å²) in [7, 11) is -2.89. The summed E-state index contributed by atoms with van der Waals surface area (Å²) in [5.41, 5.74) is 7.65. The molecule has 0 bridgehead atoms. The number of benzene rings is 4. The Balaban J connectivity index is 1.27. The van der Waals surface area contributed by atoms with Crippen molar-refractivity contribution >= 4 is 90.2 Å². The number of ether oxygens (including phenoxy) is 2. The van der Waals surface area contributed by atoms with E-state index in [1.54, 1.807) is 10.4 Å². The van der Waals surface area contributed by atoms with Crippen molar-refractivity contribution in [3.8, 4) is 11.5 Å². The van der Waals surface area contributed by atoms with Crippen molar-refractivity contribution in [3.05, 3.63) is 112 Å². The van der Waals surface area contributed by atoms with Gasteiger partial charge in [0.25, 0.3) is 0 Å². The standard InChI is InChI=1S/C45H60Br4O2Si2/c1-31-21-32(2)24-37(23-31)52(7,8)19-15-11-13-17-50-43-39(46)27-35(28-40(43)47)45(5,6)36-29-41(48)44(42(49)30-36)51-18-14-12-16-20-53(9,10)38-25-33(3)22-34(4)26-38/h21-30H,11-20H2,1-10H3. The molecule has 4 aromatic carbocycles. The Labute approximate surface area is 357 Å². The highest BCUT2D eigenvalue weighted by Crippen LogP contribution is 2.44. The first-order chi connectivity index (χ1) is 24.8. The number of halogens is 4. The lowest BCUT2D eigenvalue weighted by Gasteiger charge is -2.28. The second-order valence-electron chi connectivity index (χ2n) is 17.0. The molecule has 0 aliphatic carbocycles. The van der Waals surface area contributed by atoms with Crippen LogP contribution in [0.15, 0.2) is 78.6 Å². The smallest absolute Gasteiger partial charge is 0.147 e. The fourth-order valence-corrected chi connectivity index (χ4v) is 15.5. The third-order valence-corrected chi connectivity index (χ3v) is 20.1. The molecule has 0 fully saturated rings. The van der Waals surface area contributed by atoms with Crippen molar-refractivity contribution < 1.29 is 9.47 Å². The van der Waals surface area contributed by atoms with Crippen LogP contribution in [0.2, 0.25) is 38.3 Å². The van der Waals surface area contributed by atoms with E-state index in [1.807, 2.05) is 0 Å². The first-order valence-electron chi connectivity index (χ1n) is 19.2. The molecule has 0 aromatic heterocycles. The number of hydrogen-bond donors (Lipinski definition) is 0. The molecule has 0 N–H and O–H groups in total. The minimum absolute atomic E-state index is 0.258. The number of hydrogen-bond acceptors (Lipinski definition) is 2. The Bertz CT molecular complexity index is 1650. The van der Waals surface area contributed by atoms with Gasteiger partial charge in [-0.05, 0) is 140 Å². The van der Waals surface area contributed by atoms with Gasteiger partial charge in [-0.25, -0.2) is 0 Å². The van der Waals surface area contributed by atoms with E-state index in [4.69, 9.17) is 9.47 Å². The minimum Gasteiger partial charge on any atom is -0.491 e. The van der Waals surface area contributed by atoms with Crippen molar-refractivity contribution in [2.24, 2.45) is 0 Å². The molecule has 0 spiro atoms. The molecule has 0 aliphatic heterocycles. The lowest BCUT2D eigenvalue weighted by molar-refractivity contribution is 0.302. The Morgan fingerprint density at radius 2 is 0.755 bits per heavy atom. The van der Waals surface area contributed by atoms with Crippen molar-refractivity contribution in [1.82, 2.24) is 0 Å². The van der Waals surface area contributed by atoms with Crippen LogP contribution in [0.3, 0.4) is 0 Å². The van der Waals surface area contributed by atoms with Crippen LogP contribution < -0.4 is 19.8 Å². The lowest BCUT2D eigenvalue weighted by Crippen LogP contribution is -2.41. The quantitative estimate of drug-likeness (QED) is 0.0730. The minimum atomic E-state index is -1.44. The van der Waals surface area contributed by atoms with Gasteiger partial charge < -0.3 is 9.47 Å². The van der Waals surface area contributed by atoms with E-state index in [1.165, 1.54) is 71.2 Å². The molecule has 0 saturated heterocycles. The van der Waals surface area contributed by atoms with Crippen LogP contribution in [0.5, 0.6) is 11.5 Å². The molecule has 0 saturated carbocycles. The van der Waals surface area contributed by atoms with E-state index in [9.17, 15) is 0 Å². The van der Waals surface area contributed by atoms with E-state index in [0.29, 0.717) is 13.2 Å².